The van der Waals surface area contributed by atoms with Crippen molar-refractivity contribution in [3.8, 4) is 0 Å². The number of rotatable bonds is 6. The maximum absolute atomic E-state index is 13.6. The van der Waals surface area contributed by atoms with Gasteiger partial charge in [-0.05, 0) is 44.1 Å². The zero-order valence-electron chi connectivity index (χ0n) is 25.7. The van der Waals surface area contributed by atoms with Gasteiger partial charge in [-0.15, -0.1) is 0 Å². The minimum atomic E-state index is -4.88. The maximum atomic E-state index is 13.6. The third-order valence-electron chi connectivity index (χ3n) is 10.5. The summed E-state index contributed by atoms with van der Waals surface area (Å²) < 4.78 is 66.4. The Morgan fingerprint density at radius 2 is 1.83 bits per heavy atom. The number of aliphatic hydroxyl groups is 2. The molecule has 0 unspecified atom stereocenters. The van der Waals surface area contributed by atoms with Crippen molar-refractivity contribution >= 4 is 29.7 Å². The second kappa shape index (κ2) is 11.1. The van der Waals surface area contributed by atoms with Crippen LogP contribution in [0.25, 0.3) is 0 Å². The number of esters is 4. The number of fused-ring (bicyclic) bond motifs is 2. The molecule has 2 aliphatic heterocycles. The summed E-state index contributed by atoms with van der Waals surface area (Å²) in [6.45, 7) is 5.94. The van der Waals surface area contributed by atoms with Crippen LogP contribution in [0.4, 0.5) is 13.2 Å². The number of aliphatic hydroxyl groups excluding tert-OH is 2. The normalized spacial score (nSPS) is 40.2. The van der Waals surface area contributed by atoms with Crippen LogP contribution in [-0.4, -0.2) is 95.8 Å². The average molecular weight is 660 g/mol. The fourth-order valence-corrected chi connectivity index (χ4v) is 8.83. The van der Waals surface area contributed by atoms with E-state index in [-0.39, 0.29) is 18.6 Å². The Morgan fingerprint density at radius 3 is 2.41 bits per heavy atom. The average Bonchev–Trinajstić information content (AvgIpc) is 3.25. The lowest BCUT2D eigenvalue weighted by molar-refractivity contribution is -0.290. The Labute approximate surface area is 261 Å². The van der Waals surface area contributed by atoms with Gasteiger partial charge in [-0.25, -0.2) is 14.4 Å². The van der Waals surface area contributed by atoms with Crippen LogP contribution in [0.1, 0.15) is 47.0 Å². The van der Waals surface area contributed by atoms with Crippen LogP contribution in [0.15, 0.2) is 23.0 Å². The summed E-state index contributed by atoms with van der Waals surface area (Å²) in [5.74, 6) is -9.07. The first-order valence-electron chi connectivity index (χ1n) is 14.7. The van der Waals surface area contributed by atoms with Crippen molar-refractivity contribution in [1.29, 1.82) is 0 Å². The van der Waals surface area contributed by atoms with E-state index in [1.807, 2.05) is 0 Å². The molecule has 0 radical (unpaired) electrons. The molecule has 0 aromatic rings. The number of carbonyl (C=O) groups excluding carboxylic acids is 5. The fourth-order valence-electron chi connectivity index (χ4n) is 8.83. The SMILES string of the molecule is COC(=O)[C@@]12OC[C@]34[C@H]([C@@H](O)[C@@H]1O)[C@@]1(C)CC(=O)C(OC(=O)C[C@@H](N)C(F)(F)F)=C(C)[C@@H]1C[C@H]3OC(=O)[C@H](OC(=O)C=C(C)C)[C@@H]24. The van der Waals surface area contributed by atoms with Crippen molar-refractivity contribution in [1.82, 2.24) is 0 Å². The van der Waals surface area contributed by atoms with Crippen molar-refractivity contribution in [2.45, 2.75) is 89.2 Å². The Morgan fingerprint density at radius 1 is 1.17 bits per heavy atom. The van der Waals surface area contributed by atoms with E-state index in [1.54, 1.807) is 20.8 Å². The summed E-state index contributed by atoms with van der Waals surface area (Å²) in [4.78, 5) is 65.8. The lowest BCUT2D eigenvalue weighted by Crippen LogP contribution is -2.79. The third kappa shape index (κ3) is 4.70. The van der Waals surface area contributed by atoms with E-state index < -0.39 is 119 Å². The lowest BCUT2D eigenvalue weighted by atomic mass is 9.38. The van der Waals surface area contributed by atoms with Gasteiger partial charge in [-0.3, -0.25) is 9.59 Å². The number of ketones is 1. The Kier molecular flexibility index (Phi) is 8.23. The van der Waals surface area contributed by atoms with Crippen molar-refractivity contribution in [2.75, 3.05) is 13.7 Å². The molecule has 46 heavy (non-hydrogen) atoms. The topological polar surface area (TPSA) is 198 Å². The van der Waals surface area contributed by atoms with Crippen LogP contribution in [0.3, 0.4) is 0 Å². The smallest absolute Gasteiger partial charge is 0.404 e. The van der Waals surface area contributed by atoms with E-state index in [0.29, 0.717) is 5.57 Å². The third-order valence-corrected chi connectivity index (χ3v) is 10.5. The second-order valence-corrected chi connectivity index (χ2v) is 13.3. The monoisotopic (exact) mass is 659 g/mol. The van der Waals surface area contributed by atoms with Crippen LogP contribution >= 0.6 is 0 Å². The van der Waals surface area contributed by atoms with E-state index in [2.05, 4.69) is 0 Å². The first kappa shape index (κ1) is 34.0. The van der Waals surface area contributed by atoms with Crippen LogP contribution in [0, 0.1) is 28.6 Å². The van der Waals surface area contributed by atoms with Crippen molar-refractivity contribution in [2.24, 2.45) is 34.3 Å². The molecular weight excluding hydrogens is 623 g/mol. The molecule has 2 saturated heterocycles. The summed E-state index contributed by atoms with van der Waals surface area (Å²) in [6, 6.07) is -2.52. The van der Waals surface area contributed by atoms with Gasteiger partial charge in [-0.1, -0.05) is 12.5 Å². The minimum absolute atomic E-state index is 0.0600. The Balaban J connectivity index is 1.61. The van der Waals surface area contributed by atoms with Gasteiger partial charge in [0.05, 0.1) is 32.2 Å². The molecule has 2 heterocycles. The highest BCUT2D eigenvalue weighted by atomic mass is 19.4. The molecule has 5 aliphatic rings. The first-order valence-corrected chi connectivity index (χ1v) is 14.7. The van der Waals surface area contributed by atoms with Crippen LogP contribution in [0.2, 0.25) is 0 Å². The van der Waals surface area contributed by atoms with E-state index in [4.69, 9.17) is 29.4 Å². The summed E-state index contributed by atoms with van der Waals surface area (Å²) in [6.07, 6.45) is -12.2. The standard InChI is InChI=1S/C30H36F3NO12/c1-11(2)6-17(36)46-21-23-28-10-43-29(23,26(41)42-5)24(39)19(38)22(28)27(4)9-14(35)20(45-18(37)8-15(34)30(31,32)33)12(3)13(27)7-16(28)44-25(21)40/h6,13,15-16,19,21-24,38-39H,7-10,34H2,1-5H3/t13-,15+,16+,19+,21+,22+,23+,24-,27-,28+,29-/m0/s1. The number of halogens is 3. The van der Waals surface area contributed by atoms with Gasteiger partial charge in [0.2, 0.25) is 11.7 Å². The molecule has 0 aromatic heterocycles. The first-order chi connectivity index (χ1) is 21.3. The second-order valence-electron chi connectivity index (χ2n) is 13.3. The maximum Gasteiger partial charge on any atom is 0.404 e. The van der Waals surface area contributed by atoms with Crippen LogP contribution < -0.4 is 5.73 Å². The number of hydrogen-bond acceptors (Lipinski definition) is 13. The molecule has 4 N–H and O–H groups in total. The molecule has 11 atom stereocenters. The van der Waals surface area contributed by atoms with Gasteiger partial charge in [0.1, 0.15) is 18.2 Å². The number of ether oxygens (including phenoxy) is 5. The molecule has 4 fully saturated rings. The number of nitrogens with two attached hydrogens (primary N) is 1. The van der Waals surface area contributed by atoms with Crippen molar-refractivity contribution in [3.63, 3.8) is 0 Å². The van der Waals surface area contributed by atoms with E-state index in [0.717, 1.165) is 13.2 Å². The number of allylic oxidation sites excluding steroid dienone is 3. The van der Waals surface area contributed by atoms with Gasteiger partial charge < -0.3 is 39.6 Å². The molecule has 1 spiro atoms. The van der Waals surface area contributed by atoms with E-state index >= 15 is 0 Å². The summed E-state index contributed by atoms with van der Waals surface area (Å²) >= 11 is 0. The van der Waals surface area contributed by atoms with Crippen molar-refractivity contribution in [3.05, 3.63) is 23.0 Å². The summed E-state index contributed by atoms with van der Waals surface area (Å²) in [7, 11) is 1.02. The molecule has 3 aliphatic carbocycles. The van der Waals surface area contributed by atoms with Gasteiger partial charge in [0.25, 0.3) is 0 Å². The molecule has 0 amide bonds. The molecule has 16 heteroatoms. The van der Waals surface area contributed by atoms with Crippen LogP contribution in [0.5, 0.6) is 0 Å². The molecular formula is C30H36F3NO12. The summed E-state index contributed by atoms with van der Waals surface area (Å²) in [5, 5.41) is 23.5. The Bertz CT molecular complexity index is 1440. The molecule has 0 aromatic carbocycles. The predicted octanol–water partition coefficient (Wildman–Crippen LogP) is 0.782. The zero-order valence-corrected chi connectivity index (χ0v) is 25.7. The summed E-state index contributed by atoms with van der Waals surface area (Å²) in [5.41, 5.74) is 0.625. The quantitative estimate of drug-likeness (QED) is 0.206. The highest BCUT2D eigenvalue weighted by Crippen LogP contribution is 2.72. The minimum Gasteiger partial charge on any atom is -0.467 e. The predicted molar refractivity (Wildman–Crippen MR) is 145 cm³/mol. The largest absolute Gasteiger partial charge is 0.467 e. The number of carbonyl (C=O) groups is 5. The number of hydrogen-bond donors (Lipinski definition) is 3. The molecule has 2 bridgehead atoms. The Hall–Kier alpha value is -3.34. The molecule has 13 nitrogen and oxygen atoms in total. The number of Topliss-reactive ketones (excluding diaryl/α,β-unsaturated/α-hetero) is 1. The highest BCUT2D eigenvalue weighted by molar-refractivity contribution is 5.98. The van der Waals surface area contributed by atoms with Crippen molar-refractivity contribution < 1.29 is 71.0 Å². The van der Waals surface area contributed by atoms with E-state index in [1.165, 1.54) is 6.92 Å². The van der Waals surface area contributed by atoms with Gasteiger partial charge >= 0.3 is 30.1 Å². The number of alkyl halides is 3. The number of methoxy groups -OCH3 is 1. The van der Waals surface area contributed by atoms with Gasteiger partial charge in [0.15, 0.2) is 11.5 Å². The molecule has 2 saturated carbocycles. The molecule has 254 valence electrons. The van der Waals surface area contributed by atoms with Gasteiger partial charge in [0, 0.05) is 23.8 Å². The fraction of sp³-hybridized carbons (Fsp3) is 0.700. The highest BCUT2D eigenvalue weighted by Gasteiger charge is 2.85. The zero-order chi connectivity index (χ0) is 34.3. The van der Waals surface area contributed by atoms with Crippen LogP contribution in [-0.2, 0) is 47.7 Å². The van der Waals surface area contributed by atoms with E-state index in [9.17, 15) is 47.4 Å². The van der Waals surface area contributed by atoms with Gasteiger partial charge in [-0.2, -0.15) is 13.2 Å². The molecule has 5 rings (SSSR count). The lowest BCUT2D eigenvalue weighted by Gasteiger charge is -2.67.